The van der Waals surface area contributed by atoms with Crippen molar-refractivity contribution in [2.75, 3.05) is 0 Å². The molecule has 2 rings (SSSR count). The number of hydrogen-bond acceptors (Lipinski definition) is 3. The van der Waals surface area contributed by atoms with Crippen molar-refractivity contribution in [1.29, 1.82) is 0 Å². The van der Waals surface area contributed by atoms with Crippen molar-refractivity contribution in [1.82, 2.24) is 0 Å². The van der Waals surface area contributed by atoms with Gasteiger partial charge < -0.3 is 9.84 Å². The van der Waals surface area contributed by atoms with Crippen LogP contribution in [0.1, 0.15) is 10.4 Å². The third kappa shape index (κ3) is 0.797. The van der Waals surface area contributed by atoms with Crippen molar-refractivity contribution in [3.8, 4) is 11.5 Å². The van der Waals surface area contributed by atoms with Gasteiger partial charge in [-0.2, -0.15) is 0 Å². The molecule has 0 amide bonds. The summed E-state index contributed by atoms with van der Waals surface area (Å²) >= 11 is 0. The molecule has 0 atom stereocenters. The summed E-state index contributed by atoms with van der Waals surface area (Å²) in [5, 5.41) is 9.03. The van der Waals surface area contributed by atoms with Crippen LogP contribution in [0.2, 0.25) is 0 Å². The molecule has 0 aliphatic carbocycles. The molecule has 3 heteroatoms. The summed E-state index contributed by atoms with van der Waals surface area (Å²) in [7, 11) is 0. The molecule has 1 aromatic rings. The average molecular weight is 161 g/mol. The first-order valence-corrected chi connectivity index (χ1v) is 3.36. The zero-order valence-corrected chi connectivity index (χ0v) is 6.07. The van der Waals surface area contributed by atoms with Crippen LogP contribution in [0.15, 0.2) is 24.0 Å². The Balaban J connectivity index is 2.62. The third-order valence-corrected chi connectivity index (χ3v) is 1.65. The Labute approximate surface area is 68.9 Å². The smallest absolute Gasteiger partial charge is 0.231 e. The molecule has 0 saturated carbocycles. The molecule has 59 valence electrons. The zero-order chi connectivity index (χ0) is 8.72. The van der Waals surface area contributed by atoms with Crippen LogP contribution in [0.3, 0.4) is 0 Å². The number of phenols is 1. The van der Waals surface area contributed by atoms with E-state index in [9.17, 15) is 4.79 Å². The monoisotopic (exact) mass is 161 g/mol. The van der Waals surface area contributed by atoms with Crippen LogP contribution in [0.25, 0.3) is 0 Å². The SMILES string of the molecule is [CH]=C1Oc2cc(O)ccc2C1=O. The van der Waals surface area contributed by atoms with Gasteiger partial charge in [-0.3, -0.25) is 4.79 Å². The molecule has 0 aromatic heterocycles. The van der Waals surface area contributed by atoms with Gasteiger partial charge in [0.05, 0.1) is 5.56 Å². The summed E-state index contributed by atoms with van der Waals surface area (Å²) in [6.07, 6.45) is 0. The van der Waals surface area contributed by atoms with Crippen LogP contribution >= 0.6 is 0 Å². The van der Waals surface area contributed by atoms with Gasteiger partial charge >= 0.3 is 0 Å². The molecule has 0 unspecified atom stereocenters. The summed E-state index contributed by atoms with van der Waals surface area (Å²) in [4.78, 5) is 11.1. The van der Waals surface area contributed by atoms with Gasteiger partial charge in [0.2, 0.25) is 5.78 Å². The van der Waals surface area contributed by atoms with Gasteiger partial charge in [0.15, 0.2) is 5.76 Å². The van der Waals surface area contributed by atoms with Crippen molar-refractivity contribution < 1.29 is 14.6 Å². The van der Waals surface area contributed by atoms with Crippen LogP contribution in [-0.2, 0) is 0 Å². The molecular formula is C9H5O3. The van der Waals surface area contributed by atoms with E-state index >= 15 is 0 Å². The fourth-order valence-electron chi connectivity index (χ4n) is 1.08. The Bertz CT molecular complexity index is 379. The number of Topliss-reactive ketones (excluding diaryl/α,β-unsaturated/α-hetero) is 1. The lowest BCUT2D eigenvalue weighted by Crippen LogP contribution is -1.95. The fraction of sp³-hybridized carbons (Fsp3) is 0. The Kier molecular flexibility index (Phi) is 1.21. The second-order valence-electron chi connectivity index (χ2n) is 2.48. The van der Waals surface area contributed by atoms with E-state index in [-0.39, 0.29) is 17.3 Å². The molecule has 1 aliphatic rings. The molecule has 0 bridgehead atoms. The maximum Gasteiger partial charge on any atom is 0.231 e. The molecule has 12 heavy (non-hydrogen) atoms. The van der Waals surface area contributed by atoms with Crippen LogP contribution in [-0.4, -0.2) is 10.9 Å². The summed E-state index contributed by atoms with van der Waals surface area (Å²) < 4.78 is 4.88. The van der Waals surface area contributed by atoms with Gasteiger partial charge in [0.25, 0.3) is 0 Å². The molecule has 1 aliphatic heterocycles. The summed E-state index contributed by atoms with van der Waals surface area (Å²) in [5.74, 6) is -0.102. The number of benzene rings is 1. The van der Waals surface area contributed by atoms with Crippen LogP contribution in [0.4, 0.5) is 0 Å². The van der Waals surface area contributed by atoms with Crippen molar-refractivity contribution in [2.45, 2.75) is 0 Å². The largest absolute Gasteiger partial charge is 0.508 e. The van der Waals surface area contributed by atoms with Crippen molar-refractivity contribution in [3.05, 3.63) is 36.1 Å². The normalized spacial score (nSPS) is 14.3. The molecule has 1 heterocycles. The number of ketones is 1. The number of hydrogen-bond donors (Lipinski definition) is 1. The van der Waals surface area contributed by atoms with Gasteiger partial charge in [0, 0.05) is 6.07 Å². The van der Waals surface area contributed by atoms with Gasteiger partial charge in [-0.15, -0.1) is 0 Å². The third-order valence-electron chi connectivity index (χ3n) is 1.65. The van der Waals surface area contributed by atoms with E-state index in [0.29, 0.717) is 11.3 Å². The lowest BCUT2D eigenvalue weighted by Gasteiger charge is -1.95. The Morgan fingerprint density at radius 3 is 2.92 bits per heavy atom. The second-order valence-corrected chi connectivity index (χ2v) is 2.48. The number of allylic oxidation sites excluding steroid dienone is 1. The minimum absolute atomic E-state index is 0.0521. The molecule has 1 radical (unpaired) electrons. The minimum Gasteiger partial charge on any atom is -0.508 e. The highest BCUT2D eigenvalue weighted by atomic mass is 16.5. The number of ether oxygens (including phenoxy) is 1. The highest BCUT2D eigenvalue weighted by Gasteiger charge is 2.25. The van der Waals surface area contributed by atoms with Crippen LogP contribution < -0.4 is 4.74 Å². The maximum atomic E-state index is 11.1. The standard InChI is InChI=1S/C9H5O3/c1-5-9(11)7-3-2-6(10)4-8(7)12-5/h1-4,10H. The second kappa shape index (κ2) is 2.11. The average Bonchev–Trinajstić information content (AvgIpc) is 2.28. The van der Waals surface area contributed by atoms with Gasteiger partial charge in [-0.1, -0.05) is 0 Å². The Morgan fingerprint density at radius 2 is 2.17 bits per heavy atom. The first-order chi connectivity index (χ1) is 5.68. The molecule has 0 spiro atoms. The Morgan fingerprint density at radius 1 is 1.42 bits per heavy atom. The minimum atomic E-state index is -0.329. The van der Waals surface area contributed by atoms with Crippen molar-refractivity contribution >= 4 is 5.78 Å². The molecule has 1 aromatic carbocycles. The molecule has 1 N–H and O–H groups in total. The number of carbonyl (C=O) groups excluding carboxylic acids is 1. The van der Waals surface area contributed by atoms with E-state index in [1.807, 2.05) is 0 Å². The first-order valence-electron chi connectivity index (χ1n) is 3.36. The fourth-order valence-corrected chi connectivity index (χ4v) is 1.08. The highest BCUT2D eigenvalue weighted by Crippen LogP contribution is 2.32. The lowest BCUT2D eigenvalue weighted by molar-refractivity contribution is 0.101. The Hall–Kier alpha value is -1.77. The topological polar surface area (TPSA) is 46.5 Å². The van der Waals surface area contributed by atoms with Gasteiger partial charge in [-0.05, 0) is 18.7 Å². The number of fused-ring (bicyclic) bond motifs is 1. The summed E-state index contributed by atoms with van der Waals surface area (Å²) in [6, 6.07) is 4.25. The first kappa shape index (κ1) is 6.91. The van der Waals surface area contributed by atoms with E-state index < -0.39 is 0 Å². The van der Waals surface area contributed by atoms with Crippen molar-refractivity contribution in [2.24, 2.45) is 0 Å². The van der Waals surface area contributed by atoms with E-state index in [0.717, 1.165) is 0 Å². The van der Waals surface area contributed by atoms with Crippen molar-refractivity contribution in [3.63, 3.8) is 0 Å². The number of carbonyl (C=O) groups is 1. The van der Waals surface area contributed by atoms with Gasteiger partial charge in [-0.25, -0.2) is 0 Å². The molecular weight excluding hydrogens is 156 g/mol. The highest BCUT2D eigenvalue weighted by molar-refractivity contribution is 6.11. The molecule has 3 nitrogen and oxygen atoms in total. The number of rotatable bonds is 0. The predicted molar refractivity (Wildman–Crippen MR) is 40.9 cm³/mol. The van der Waals surface area contributed by atoms with Crippen LogP contribution in [0, 0.1) is 6.58 Å². The number of aromatic hydroxyl groups is 1. The van der Waals surface area contributed by atoms with Gasteiger partial charge in [0.1, 0.15) is 11.5 Å². The van der Waals surface area contributed by atoms with E-state index in [1.165, 1.54) is 18.2 Å². The lowest BCUT2D eigenvalue weighted by atomic mass is 10.1. The summed E-state index contributed by atoms with van der Waals surface area (Å²) in [6.45, 7) is 5.24. The molecule has 0 saturated heterocycles. The van der Waals surface area contributed by atoms with Crippen LogP contribution in [0.5, 0.6) is 11.5 Å². The van der Waals surface area contributed by atoms with E-state index in [4.69, 9.17) is 16.4 Å². The maximum absolute atomic E-state index is 11.1. The summed E-state index contributed by atoms with van der Waals surface area (Å²) in [5.41, 5.74) is 0.394. The molecule has 0 fully saturated rings. The zero-order valence-electron chi connectivity index (χ0n) is 6.07. The van der Waals surface area contributed by atoms with E-state index in [2.05, 4.69) is 0 Å². The van der Waals surface area contributed by atoms with E-state index in [1.54, 1.807) is 0 Å². The quantitative estimate of drug-likeness (QED) is 0.583. The number of phenolic OH excluding ortho intramolecular Hbond substituents is 1. The predicted octanol–water partition coefficient (Wildman–Crippen LogP) is 1.28.